The van der Waals surface area contributed by atoms with Crippen molar-refractivity contribution in [3.05, 3.63) is 41.3 Å². The molecule has 0 radical (unpaired) electrons. The number of carbonyl (C=O) groups excluding carboxylic acids is 1. The molecule has 0 unspecified atom stereocenters. The normalized spacial score (nSPS) is 19.2. The first-order chi connectivity index (χ1) is 15.3. The van der Waals surface area contributed by atoms with Crippen LogP contribution in [0.3, 0.4) is 0 Å². The van der Waals surface area contributed by atoms with Gasteiger partial charge in [0.2, 0.25) is 15.9 Å². The third-order valence-electron chi connectivity index (χ3n) is 6.09. The number of piperidine rings is 1. The SMILES string of the molecule is Cc1noc(C)c1S(=O)(=O)N1CCC(C(=O)Nc2cccc(CN3CCOCC3)c2)CC1. The van der Waals surface area contributed by atoms with Crippen LogP contribution in [-0.4, -0.2) is 68.1 Å². The molecule has 1 N–H and O–H groups in total. The van der Waals surface area contributed by atoms with Crippen molar-refractivity contribution in [3.63, 3.8) is 0 Å². The molecule has 9 nitrogen and oxygen atoms in total. The predicted octanol–water partition coefficient (Wildman–Crippen LogP) is 2.16. The lowest BCUT2D eigenvalue weighted by Gasteiger charge is -2.30. The fraction of sp³-hybridized carbons (Fsp3) is 0.545. The van der Waals surface area contributed by atoms with Gasteiger partial charge in [0.25, 0.3) is 0 Å². The molecule has 1 aromatic heterocycles. The van der Waals surface area contributed by atoms with Crippen molar-refractivity contribution in [3.8, 4) is 0 Å². The Labute approximate surface area is 188 Å². The minimum absolute atomic E-state index is 0.0668. The molecule has 0 spiro atoms. The molecule has 174 valence electrons. The highest BCUT2D eigenvalue weighted by Crippen LogP contribution is 2.28. The number of sulfonamides is 1. The fourth-order valence-corrected chi connectivity index (χ4v) is 6.10. The van der Waals surface area contributed by atoms with Crippen LogP contribution in [-0.2, 0) is 26.1 Å². The number of ether oxygens (including phenoxy) is 1. The molecule has 0 atom stereocenters. The number of amides is 1. The summed E-state index contributed by atoms with van der Waals surface area (Å²) in [5.74, 6) is -0.00347. The number of hydrogen-bond donors (Lipinski definition) is 1. The van der Waals surface area contributed by atoms with Gasteiger partial charge in [-0.25, -0.2) is 8.42 Å². The van der Waals surface area contributed by atoms with Crippen LogP contribution in [0.5, 0.6) is 0 Å². The molecule has 2 aromatic rings. The van der Waals surface area contributed by atoms with E-state index in [-0.39, 0.29) is 16.7 Å². The van der Waals surface area contributed by atoms with Crippen LogP contribution in [0.25, 0.3) is 0 Å². The minimum atomic E-state index is -3.68. The zero-order valence-corrected chi connectivity index (χ0v) is 19.4. The van der Waals surface area contributed by atoms with Gasteiger partial charge in [0.15, 0.2) is 5.76 Å². The summed E-state index contributed by atoms with van der Waals surface area (Å²) in [6, 6.07) is 7.90. The monoisotopic (exact) mass is 462 g/mol. The lowest BCUT2D eigenvalue weighted by molar-refractivity contribution is -0.120. The topological polar surface area (TPSA) is 105 Å². The van der Waals surface area contributed by atoms with E-state index in [4.69, 9.17) is 9.26 Å². The number of nitrogens with zero attached hydrogens (tertiary/aromatic N) is 3. The summed E-state index contributed by atoms with van der Waals surface area (Å²) in [5, 5.41) is 6.77. The zero-order valence-electron chi connectivity index (χ0n) is 18.5. The maximum absolute atomic E-state index is 13.0. The molecule has 1 aromatic carbocycles. The molecular weight excluding hydrogens is 432 g/mol. The van der Waals surface area contributed by atoms with Crippen LogP contribution in [0.4, 0.5) is 5.69 Å². The van der Waals surface area contributed by atoms with Gasteiger partial charge in [-0.15, -0.1) is 0 Å². The molecule has 1 amide bonds. The number of carbonyl (C=O) groups is 1. The molecule has 3 heterocycles. The average molecular weight is 463 g/mol. The summed E-state index contributed by atoms with van der Waals surface area (Å²) in [6.45, 7) is 7.95. The first kappa shape index (κ1) is 22.9. The first-order valence-electron chi connectivity index (χ1n) is 11.0. The zero-order chi connectivity index (χ0) is 22.7. The van der Waals surface area contributed by atoms with Gasteiger partial charge >= 0.3 is 0 Å². The second kappa shape index (κ2) is 9.70. The van der Waals surface area contributed by atoms with E-state index in [2.05, 4.69) is 21.4 Å². The minimum Gasteiger partial charge on any atom is -0.379 e. The highest BCUT2D eigenvalue weighted by atomic mass is 32.2. The van der Waals surface area contributed by atoms with Crippen molar-refractivity contribution < 1.29 is 22.5 Å². The van der Waals surface area contributed by atoms with Crippen molar-refractivity contribution in [2.75, 3.05) is 44.7 Å². The predicted molar refractivity (Wildman–Crippen MR) is 119 cm³/mol. The number of hydrogen-bond acceptors (Lipinski definition) is 7. The maximum atomic E-state index is 13.0. The van der Waals surface area contributed by atoms with E-state index in [1.165, 1.54) is 4.31 Å². The van der Waals surface area contributed by atoms with E-state index >= 15 is 0 Å². The van der Waals surface area contributed by atoms with Crippen LogP contribution in [0.15, 0.2) is 33.7 Å². The second-order valence-corrected chi connectivity index (χ2v) is 10.3. The highest BCUT2D eigenvalue weighted by molar-refractivity contribution is 7.89. The van der Waals surface area contributed by atoms with Crippen molar-refractivity contribution in [2.24, 2.45) is 5.92 Å². The third-order valence-corrected chi connectivity index (χ3v) is 8.24. The molecule has 2 fully saturated rings. The Bertz CT molecular complexity index is 1030. The van der Waals surface area contributed by atoms with Crippen LogP contribution < -0.4 is 5.32 Å². The smallest absolute Gasteiger partial charge is 0.248 e. The summed E-state index contributed by atoms with van der Waals surface area (Å²) in [5.41, 5.74) is 2.27. The number of nitrogens with one attached hydrogen (secondary N) is 1. The fourth-order valence-electron chi connectivity index (χ4n) is 4.34. The largest absolute Gasteiger partial charge is 0.379 e. The molecule has 4 rings (SSSR count). The lowest BCUT2D eigenvalue weighted by Crippen LogP contribution is -2.41. The number of anilines is 1. The molecule has 2 aliphatic rings. The van der Waals surface area contributed by atoms with Gasteiger partial charge in [-0.1, -0.05) is 17.3 Å². The number of aryl methyl sites for hydroxylation is 2. The summed E-state index contributed by atoms with van der Waals surface area (Å²) in [7, 11) is -3.68. The Balaban J connectivity index is 1.33. The molecule has 0 bridgehead atoms. The summed E-state index contributed by atoms with van der Waals surface area (Å²) in [6.07, 6.45) is 0.948. The van der Waals surface area contributed by atoms with E-state index in [1.54, 1.807) is 13.8 Å². The van der Waals surface area contributed by atoms with E-state index < -0.39 is 10.0 Å². The molecule has 10 heteroatoms. The van der Waals surface area contributed by atoms with Gasteiger partial charge < -0.3 is 14.6 Å². The molecule has 0 aliphatic carbocycles. The Morgan fingerprint density at radius 3 is 2.53 bits per heavy atom. The number of rotatable bonds is 6. The maximum Gasteiger partial charge on any atom is 0.248 e. The van der Waals surface area contributed by atoms with Gasteiger partial charge in [-0.05, 0) is 44.4 Å². The Kier molecular flexibility index (Phi) is 6.94. The van der Waals surface area contributed by atoms with E-state index in [1.807, 2.05) is 18.2 Å². The van der Waals surface area contributed by atoms with Crippen molar-refractivity contribution >= 4 is 21.6 Å². The van der Waals surface area contributed by atoms with Crippen LogP contribution in [0.2, 0.25) is 0 Å². The van der Waals surface area contributed by atoms with E-state index in [0.29, 0.717) is 37.4 Å². The van der Waals surface area contributed by atoms with Crippen LogP contribution in [0, 0.1) is 19.8 Å². The quantitative estimate of drug-likeness (QED) is 0.701. The van der Waals surface area contributed by atoms with Gasteiger partial charge in [0.05, 0.1) is 13.2 Å². The van der Waals surface area contributed by atoms with Crippen LogP contribution >= 0.6 is 0 Å². The van der Waals surface area contributed by atoms with E-state index in [0.717, 1.165) is 44.1 Å². The lowest BCUT2D eigenvalue weighted by atomic mass is 9.97. The number of aromatic nitrogens is 1. The number of morpholine rings is 1. The van der Waals surface area contributed by atoms with Crippen molar-refractivity contribution in [1.29, 1.82) is 0 Å². The summed E-state index contributed by atoms with van der Waals surface area (Å²) >= 11 is 0. The van der Waals surface area contributed by atoms with Gasteiger partial charge in [0, 0.05) is 44.3 Å². The van der Waals surface area contributed by atoms with Gasteiger partial charge in [-0.3, -0.25) is 9.69 Å². The Morgan fingerprint density at radius 1 is 1.16 bits per heavy atom. The Morgan fingerprint density at radius 2 is 1.88 bits per heavy atom. The van der Waals surface area contributed by atoms with Gasteiger partial charge in [-0.2, -0.15) is 4.31 Å². The van der Waals surface area contributed by atoms with E-state index in [9.17, 15) is 13.2 Å². The van der Waals surface area contributed by atoms with Crippen LogP contribution in [0.1, 0.15) is 29.9 Å². The molecule has 32 heavy (non-hydrogen) atoms. The van der Waals surface area contributed by atoms with Crippen molar-refractivity contribution in [2.45, 2.75) is 38.1 Å². The van der Waals surface area contributed by atoms with Gasteiger partial charge in [0.1, 0.15) is 10.6 Å². The third kappa shape index (κ3) is 5.03. The van der Waals surface area contributed by atoms with Crippen molar-refractivity contribution in [1.82, 2.24) is 14.4 Å². The molecule has 0 saturated carbocycles. The number of benzene rings is 1. The first-order valence-corrected chi connectivity index (χ1v) is 12.4. The average Bonchev–Trinajstić information content (AvgIpc) is 3.13. The molecule has 2 aliphatic heterocycles. The standard InChI is InChI=1S/C22H30N4O5S/c1-16-21(17(2)31-24-16)32(28,29)26-8-6-19(7-9-26)22(27)23-20-5-3-4-18(14-20)15-25-10-12-30-13-11-25/h3-5,14,19H,6-13,15H2,1-2H3,(H,23,27). The summed E-state index contributed by atoms with van der Waals surface area (Å²) < 4.78 is 37.8. The second-order valence-electron chi connectivity index (χ2n) is 8.41. The summed E-state index contributed by atoms with van der Waals surface area (Å²) in [4.78, 5) is 15.3. The molecular formula is C22H30N4O5S. The molecule has 2 saturated heterocycles. The Hall–Kier alpha value is -2.27. The highest BCUT2D eigenvalue weighted by Gasteiger charge is 2.35.